The van der Waals surface area contributed by atoms with Crippen LogP contribution in [0.3, 0.4) is 0 Å². The molecule has 0 fully saturated rings. The van der Waals surface area contributed by atoms with Crippen molar-refractivity contribution in [3.8, 4) is 5.75 Å². The summed E-state index contributed by atoms with van der Waals surface area (Å²) in [5.74, 6) is -0.553. The first-order valence-electron chi connectivity index (χ1n) is 5.08. The summed E-state index contributed by atoms with van der Waals surface area (Å²) in [7, 11) is 1.51. The molecule has 0 radical (unpaired) electrons. The molecule has 1 aromatic rings. The number of carboxylic acid groups (broad SMARTS) is 1. The van der Waals surface area contributed by atoms with Gasteiger partial charge in [-0.15, -0.1) is 0 Å². The zero-order chi connectivity index (χ0) is 13.3. The topological polar surface area (TPSA) is 46.5 Å². The fourth-order valence-corrected chi connectivity index (χ4v) is 2.05. The molecule has 0 aromatic heterocycles. The molecule has 1 aromatic carbocycles. The molecule has 0 amide bonds. The molecule has 3 nitrogen and oxygen atoms in total. The lowest BCUT2D eigenvalue weighted by Crippen LogP contribution is -2.06. The van der Waals surface area contributed by atoms with E-state index in [0.29, 0.717) is 21.9 Å². The van der Waals surface area contributed by atoms with Crippen LogP contribution < -0.4 is 4.74 Å². The zero-order valence-electron chi connectivity index (χ0n) is 10.3. The molecular weight excluding hydrogens is 240 g/mol. The van der Waals surface area contributed by atoms with Crippen LogP contribution in [0.25, 0.3) is 5.57 Å². The van der Waals surface area contributed by atoms with Gasteiger partial charge in [-0.05, 0) is 37.5 Å². The van der Waals surface area contributed by atoms with Crippen LogP contribution in [0.4, 0.5) is 0 Å². The van der Waals surface area contributed by atoms with Crippen molar-refractivity contribution in [3.05, 3.63) is 33.9 Å². The highest BCUT2D eigenvalue weighted by molar-refractivity contribution is 6.33. The normalized spacial score (nSPS) is 10.2. The molecule has 1 rings (SSSR count). The van der Waals surface area contributed by atoms with Gasteiger partial charge in [-0.2, -0.15) is 0 Å². The highest BCUT2D eigenvalue weighted by Crippen LogP contribution is 2.39. The van der Waals surface area contributed by atoms with Crippen LogP contribution in [-0.2, 0) is 4.79 Å². The number of benzene rings is 1. The lowest BCUT2D eigenvalue weighted by Gasteiger charge is -2.18. The van der Waals surface area contributed by atoms with Gasteiger partial charge in [-0.25, -0.2) is 4.79 Å². The maximum atomic E-state index is 11.0. The van der Waals surface area contributed by atoms with Crippen molar-refractivity contribution in [1.29, 1.82) is 0 Å². The van der Waals surface area contributed by atoms with Crippen LogP contribution in [0.1, 0.15) is 22.3 Å². The van der Waals surface area contributed by atoms with Gasteiger partial charge in [0.15, 0.2) is 0 Å². The van der Waals surface area contributed by atoms with Crippen molar-refractivity contribution in [1.82, 2.24) is 0 Å². The van der Waals surface area contributed by atoms with Gasteiger partial charge in [0.2, 0.25) is 0 Å². The van der Waals surface area contributed by atoms with E-state index >= 15 is 0 Å². The van der Waals surface area contributed by atoms with Crippen LogP contribution in [0, 0.1) is 20.8 Å². The van der Waals surface area contributed by atoms with Crippen molar-refractivity contribution in [2.45, 2.75) is 20.8 Å². The summed E-state index contributed by atoms with van der Waals surface area (Å²) in [5.41, 5.74) is 2.86. The number of hydrogen-bond acceptors (Lipinski definition) is 2. The predicted molar refractivity (Wildman–Crippen MR) is 68.9 cm³/mol. The van der Waals surface area contributed by atoms with E-state index in [9.17, 15) is 4.79 Å². The second-order valence-corrected chi connectivity index (χ2v) is 4.26. The van der Waals surface area contributed by atoms with Crippen molar-refractivity contribution < 1.29 is 14.6 Å². The van der Waals surface area contributed by atoms with Gasteiger partial charge >= 0.3 is 5.97 Å². The number of halogens is 1. The number of rotatable bonds is 3. The summed E-state index contributed by atoms with van der Waals surface area (Å²) in [6.45, 7) is 9.05. The Bertz CT molecular complexity index is 504. The molecular formula is C13H15ClO3. The number of methoxy groups -OCH3 is 1. The van der Waals surface area contributed by atoms with E-state index in [1.54, 1.807) is 6.92 Å². The highest BCUT2D eigenvalue weighted by Gasteiger charge is 2.21. The Balaban J connectivity index is 3.70. The molecule has 0 bridgehead atoms. The van der Waals surface area contributed by atoms with Gasteiger partial charge < -0.3 is 9.84 Å². The molecule has 0 saturated carbocycles. The van der Waals surface area contributed by atoms with Crippen molar-refractivity contribution in [2.75, 3.05) is 7.11 Å². The van der Waals surface area contributed by atoms with Gasteiger partial charge in [0.05, 0.1) is 12.7 Å². The van der Waals surface area contributed by atoms with E-state index in [-0.39, 0.29) is 5.57 Å². The highest BCUT2D eigenvalue weighted by atomic mass is 35.5. The van der Waals surface area contributed by atoms with Crippen LogP contribution in [0.5, 0.6) is 5.75 Å². The van der Waals surface area contributed by atoms with Crippen molar-refractivity contribution in [2.24, 2.45) is 0 Å². The summed E-state index contributed by atoms with van der Waals surface area (Å²) in [6, 6.07) is 0. The minimum atomic E-state index is -1.08. The molecule has 0 aliphatic rings. The van der Waals surface area contributed by atoms with E-state index in [4.69, 9.17) is 21.4 Å². The Hall–Kier alpha value is -1.48. The fraction of sp³-hybridized carbons (Fsp3) is 0.308. The Morgan fingerprint density at radius 3 is 2.18 bits per heavy atom. The van der Waals surface area contributed by atoms with E-state index in [2.05, 4.69) is 6.58 Å². The summed E-state index contributed by atoms with van der Waals surface area (Å²) in [5, 5.41) is 9.59. The van der Waals surface area contributed by atoms with Gasteiger partial charge in [0, 0.05) is 10.6 Å². The lowest BCUT2D eigenvalue weighted by molar-refractivity contribution is -0.130. The number of ether oxygens (including phenoxy) is 1. The first kappa shape index (κ1) is 13.6. The molecule has 0 saturated heterocycles. The standard InChI is InChI=1S/C13H15ClO3/c1-6-7(2)12(17-5)10(8(3)11(6)14)9(4)13(15)16/h4H2,1-3,5H3,(H,15,16). The summed E-state index contributed by atoms with van der Waals surface area (Å²) in [6.07, 6.45) is 0. The molecule has 0 aliphatic carbocycles. The average molecular weight is 255 g/mol. The average Bonchev–Trinajstić information content (AvgIpc) is 2.29. The third kappa shape index (κ3) is 2.15. The smallest absolute Gasteiger partial charge is 0.335 e. The van der Waals surface area contributed by atoms with Crippen molar-refractivity contribution >= 4 is 23.1 Å². The number of carbonyl (C=O) groups is 1. The molecule has 92 valence electrons. The van der Waals surface area contributed by atoms with Crippen LogP contribution >= 0.6 is 11.6 Å². The monoisotopic (exact) mass is 254 g/mol. The fourth-order valence-electron chi connectivity index (χ4n) is 1.81. The van der Waals surface area contributed by atoms with Crippen molar-refractivity contribution in [3.63, 3.8) is 0 Å². The summed E-state index contributed by atoms with van der Waals surface area (Å²) in [4.78, 5) is 11.0. The summed E-state index contributed by atoms with van der Waals surface area (Å²) >= 11 is 6.18. The second-order valence-electron chi connectivity index (χ2n) is 3.88. The third-order valence-electron chi connectivity index (χ3n) is 2.93. The van der Waals surface area contributed by atoms with Crippen LogP contribution in [0.2, 0.25) is 5.02 Å². The van der Waals surface area contributed by atoms with Gasteiger partial charge in [0.1, 0.15) is 5.75 Å². The van der Waals surface area contributed by atoms with Gasteiger partial charge in [-0.3, -0.25) is 0 Å². The molecule has 0 aliphatic heterocycles. The Labute approximate surface area is 106 Å². The molecule has 1 N–H and O–H groups in total. The van der Waals surface area contributed by atoms with Crippen LogP contribution in [0.15, 0.2) is 6.58 Å². The molecule has 0 spiro atoms. The largest absolute Gasteiger partial charge is 0.496 e. The van der Waals surface area contributed by atoms with E-state index in [1.807, 2.05) is 13.8 Å². The van der Waals surface area contributed by atoms with E-state index in [0.717, 1.165) is 11.1 Å². The minimum absolute atomic E-state index is 0.00986. The Kier molecular flexibility index (Phi) is 3.83. The van der Waals surface area contributed by atoms with Crippen LogP contribution in [-0.4, -0.2) is 18.2 Å². The first-order valence-corrected chi connectivity index (χ1v) is 5.46. The Morgan fingerprint density at radius 2 is 1.76 bits per heavy atom. The van der Waals surface area contributed by atoms with Gasteiger partial charge in [-0.1, -0.05) is 18.2 Å². The predicted octanol–water partition coefficient (Wildman–Crippen LogP) is 3.37. The molecule has 0 unspecified atom stereocenters. The molecule has 0 heterocycles. The number of hydrogen-bond donors (Lipinski definition) is 1. The molecule has 4 heteroatoms. The molecule has 0 atom stereocenters. The second kappa shape index (κ2) is 4.80. The summed E-state index contributed by atoms with van der Waals surface area (Å²) < 4.78 is 5.28. The number of carboxylic acids is 1. The SMILES string of the molecule is C=C(C(=O)O)c1c(C)c(Cl)c(C)c(C)c1OC. The quantitative estimate of drug-likeness (QED) is 0.842. The first-order chi connectivity index (χ1) is 7.82. The zero-order valence-corrected chi connectivity index (χ0v) is 11.1. The number of aliphatic carboxylic acids is 1. The minimum Gasteiger partial charge on any atom is -0.496 e. The Morgan fingerprint density at radius 1 is 1.24 bits per heavy atom. The maximum absolute atomic E-state index is 11.0. The maximum Gasteiger partial charge on any atom is 0.335 e. The third-order valence-corrected chi connectivity index (χ3v) is 3.49. The van der Waals surface area contributed by atoms with Gasteiger partial charge in [0.25, 0.3) is 0 Å². The lowest BCUT2D eigenvalue weighted by atomic mass is 9.94. The van der Waals surface area contributed by atoms with E-state index < -0.39 is 5.97 Å². The van der Waals surface area contributed by atoms with E-state index in [1.165, 1.54) is 7.11 Å². The molecule has 17 heavy (non-hydrogen) atoms.